The van der Waals surface area contributed by atoms with Gasteiger partial charge in [-0.3, -0.25) is 9.78 Å². The Balaban J connectivity index is 1.27. The Morgan fingerprint density at radius 3 is 2.65 bits per heavy atom. The van der Waals surface area contributed by atoms with Gasteiger partial charge in [0.15, 0.2) is 0 Å². The quantitative estimate of drug-likeness (QED) is 0.416. The van der Waals surface area contributed by atoms with Crippen molar-refractivity contribution in [2.75, 3.05) is 43.4 Å². The van der Waals surface area contributed by atoms with Crippen LogP contribution >= 0.6 is 0 Å². The smallest absolute Gasteiger partial charge is 0.226 e. The van der Waals surface area contributed by atoms with Crippen molar-refractivity contribution in [3.05, 3.63) is 48.3 Å². The zero-order chi connectivity index (χ0) is 28.3. The second-order valence-electron chi connectivity index (χ2n) is 10.6. The summed E-state index contributed by atoms with van der Waals surface area (Å²) in [5.74, 6) is 0.353. The van der Waals surface area contributed by atoms with Crippen LogP contribution in [0.4, 0.5) is 5.82 Å². The van der Waals surface area contributed by atoms with Crippen molar-refractivity contribution >= 4 is 32.7 Å². The number of nitrogens with zero attached hydrogens (tertiary/aromatic N) is 5. The van der Waals surface area contributed by atoms with Gasteiger partial charge in [-0.1, -0.05) is 6.07 Å². The number of morpholine rings is 1. The fourth-order valence-electron chi connectivity index (χ4n) is 5.40. The summed E-state index contributed by atoms with van der Waals surface area (Å²) in [7, 11) is -3.53. The molecule has 0 unspecified atom stereocenters. The number of sulfonamides is 1. The van der Waals surface area contributed by atoms with Gasteiger partial charge in [-0.15, -0.1) is 0 Å². The molecule has 0 saturated carbocycles. The standard InChI is InChI=1S/C28H36N6O5S/c1-19-16-33(17-20(2)39-19)27-7-3-6-24(32-27)25-9-8-21-15-29-23(13-26(21)31-25)14-28(36)30-22-5-4-10-34(18-22)40(37,38)12-11-35/h3,6-9,13,15,19-20,22,35H,4-5,10-12,14,16-18H2,1-2H3,(H,30,36)/t19-,20+,22-/m1/s1. The van der Waals surface area contributed by atoms with Crippen molar-refractivity contribution in [3.63, 3.8) is 0 Å². The molecule has 0 bridgehead atoms. The van der Waals surface area contributed by atoms with Crippen molar-refractivity contribution in [3.8, 4) is 11.4 Å². The van der Waals surface area contributed by atoms with Crippen molar-refractivity contribution in [1.82, 2.24) is 24.6 Å². The van der Waals surface area contributed by atoms with Crippen LogP contribution in [0.5, 0.6) is 0 Å². The molecule has 1 amide bonds. The molecule has 3 aromatic heterocycles. The predicted molar refractivity (Wildman–Crippen MR) is 152 cm³/mol. The van der Waals surface area contributed by atoms with Gasteiger partial charge in [-0.2, -0.15) is 4.31 Å². The summed E-state index contributed by atoms with van der Waals surface area (Å²) in [6, 6.07) is 11.3. The summed E-state index contributed by atoms with van der Waals surface area (Å²) in [6.07, 6.45) is 3.37. The van der Waals surface area contributed by atoms with Gasteiger partial charge in [0.05, 0.1) is 53.6 Å². The van der Waals surface area contributed by atoms with E-state index in [4.69, 9.17) is 19.8 Å². The Bertz CT molecular complexity index is 1460. The number of piperidine rings is 1. The molecule has 0 aliphatic carbocycles. The third-order valence-electron chi connectivity index (χ3n) is 7.20. The normalized spacial score (nSPS) is 22.4. The summed E-state index contributed by atoms with van der Waals surface area (Å²) >= 11 is 0. The SMILES string of the molecule is C[C@@H]1CN(c2cccc(-c3ccc4cnc(CC(=O)N[C@@H]5CCCN(S(=O)(=O)CCO)C5)cc4n3)n2)C[C@H](C)O1. The molecule has 5 rings (SSSR count). The molecule has 12 heteroatoms. The van der Waals surface area contributed by atoms with Crippen LogP contribution in [0.25, 0.3) is 22.3 Å². The number of rotatable bonds is 8. The van der Waals surface area contributed by atoms with Gasteiger partial charge in [0, 0.05) is 43.8 Å². The van der Waals surface area contributed by atoms with Crippen LogP contribution in [0.15, 0.2) is 42.6 Å². The molecule has 0 spiro atoms. The maximum atomic E-state index is 12.8. The molecule has 214 valence electrons. The monoisotopic (exact) mass is 568 g/mol. The van der Waals surface area contributed by atoms with Gasteiger partial charge in [0.2, 0.25) is 15.9 Å². The topological polar surface area (TPSA) is 138 Å². The molecule has 3 aromatic rings. The molecule has 2 N–H and O–H groups in total. The summed E-state index contributed by atoms with van der Waals surface area (Å²) in [6.45, 7) is 5.87. The number of anilines is 1. The Kier molecular flexibility index (Phi) is 8.60. The molecule has 3 atom stereocenters. The van der Waals surface area contributed by atoms with Gasteiger partial charge in [0.25, 0.3) is 0 Å². The second kappa shape index (κ2) is 12.1. The fraction of sp³-hybridized carbons (Fsp3) is 0.500. The van der Waals surface area contributed by atoms with Crippen LogP contribution in [0, 0.1) is 0 Å². The number of amides is 1. The summed E-state index contributed by atoms with van der Waals surface area (Å²) in [5, 5.41) is 12.9. The number of nitrogens with one attached hydrogen (secondary N) is 1. The van der Waals surface area contributed by atoms with Gasteiger partial charge < -0.3 is 20.1 Å². The molecular weight excluding hydrogens is 532 g/mol. The molecule has 2 aliphatic rings. The van der Waals surface area contributed by atoms with E-state index in [1.807, 2.05) is 36.4 Å². The highest BCUT2D eigenvalue weighted by atomic mass is 32.2. The molecule has 2 aliphatic heterocycles. The average Bonchev–Trinajstić information content (AvgIpc) is 2.92. The fourth-order valence-corrected chi connectivity index (χ4v) is 6.71. The lowest BCUT2D eigenvalue weighted by molar-refractivity contribution is -0.121. The highest BCUT2D eigenvalue weighted by Crippen LogP contribution is 2.24. The molecule has 0 aromatic carbocycles. The highest BCUT2D eigenvalue weighted by Gasteiger charge is 2.29. The third-order valence-corrected chi connectivity index (χ3v) is 9.02. The molecule has 40 heavy (non-hydrogen) atoms. The predicted octanol–water partition coefficient (Wildman–Crippen LogP) is 1.75. The number of pyridine rings is 3. The van der Waals surface area contributed by atoms with E-state index in [1.54, 1.807) is 6.20 Å². The molecule has 11 nitrogen and oxygen atoms in total. The van der Waals surface area contributed by atoms with Crippen LogP contribution < -0.4 is 10.2 Å². The number of aliphatic hydroxyl groups is 1. The first kappa shape index (κ1) is 28.3. The van der Waals surface area contributed by atoms with Crippen molar-refractivity contribution in [2.24, 2.45) is 0 Å². The zero-order valence-electron chi connectivity index (χ0n) is 22.9. The number of hydrogen-bond donors (Lipinski definition) is 2. The van der Waals surface area contributed by atoms with E-state index < -0.39 is 16.6 Å². The number of aliphatic hydroxyl groups excluding tert-OH is 1. The summed E-state index contributed by atoms with van der Waals surface area (Å²) in [4.78, 5) is 29.2. The number of fused-ring (bicyclic) bond motifs is 1. The van der Waals surface area contributed by atoms with Crippen LogP contribution in [0.2, 0.25) is 0 Å². The lowest BCUT2D eigenvalue weighted by Crippen LogP contribution is -2.50. The number of carbonyl (C=O) groups is 1. The first-order valence-corrected chi connectivity index (χ1v) is 15.3. The lowest BCUT2D eigenvalue weighted by atomic mass is 10.1. The van der Waals surface area contributed by atoms with Crippen LogP contribution in [0.1, 0.15) is 32.4 Å². The molecule has 2 fully saturated rings. The van der Waals surface area contributed by atoms with Gasteiger partial charge in [-0.05, 0) is 57.0 Å². The summed E-state index contributed by atoms with van der Waals surface area (Å²) in [5.41, 5.74) is 2.79. The molecule has 5 heterocycles. The van der Waals surface area contributed by atoms with E-state index in [9.17, 15) is 13.2 Å². The van der Waals surface area contributed by atoms with E-state index >= 15 is 0 Å². The molecular formula is C28H36N6O5S. The highest BCUT2D eigenvalue weighted by molar-refractivity contribution is 7.89. The molecule has 2 saturated heterocycles. The van der Waals surface area contributed by atoms with Crippen molar-refractivity contribution in [2.45, 2.75) is 51.4 Å². The third kappa shape index (κ3) is 6.74. The molecule has 0 radical (unpaired) electrons. The minimum Gasteiger partial charge on any atom is -0.395 e. The van der Waals surface area contributed by atoms with Crippen LogP contribution in [-0.2, 0) is 26.0 Å². The van der Waals surface area contributed by atoms with E-state index in [1.165, 1.54) is 4.31 Å². The Morgan fingerprint density at radius 1 is 1.10 bits per heavy atom. The van der Waals surface area contributed by atoms with Crippen molar-refractivity contribution in [1.29, 1.82) is 0 Å². The number of ether oxygens (including phenoxy) is 1. The Morgan fingerprint density at radius 2 is 1.88 bits per heavy atom. The van der Waals surface area contributed by atoms with E-state index in [0.717, 1.165) is 41.2 Å². The lowest BCUT2D eigenvalue weighted by Gasteiger charge is -2.36. The second-order valence-corrected chi connectivity index (χ2v) is 12.7. The van der Waals surface area contributed by atoms with Gasteiger partial charge in [-0.25, -0.2) is 18.4 Å². The minimum absolute atomic E-state index is 0.0584. The number of hydrogen-bond acceptors (Lipinski definition) is 9. The largest absolute Gasteiger partial charge is 0.395 e. The van der Waals surface area contributed by atoms with Crippen LogP contribution in [0.3, 0.4) is 0 Å². The van der Waals surface area contributed by atoms with Crippen LogP contribution in [-0.4, -0.2) is 95.5 Å². The summed E-state index contributed by atoms with van der Waals surface area (Å²) < 4.78 is 31.8. The average molecular weight is 569 g/mol. The van der Waals surface area contributed by atoms with E-state index in [2.05, 4.69) is 29.0 Å². The van der Waals surface area contributed by atoms with Crippen molar-refractivity contribution < 1.29 is 23.1 Å². The Hall–Kier alpha value is -3.19. The first-order valence-electron chi connectivity index (χ1n) is 13.7. The zero-order valence-corrected chi connectivity index (χ0v) is 23.7. The number of carbonyl (C=O) groups excluding carboxylic acids is 1. The first-order chi connectivity index (χ1) is 19.2. The maximum Gasteiger partial charge on any atom is 0.226 e. The maximum absolute atomic E-state index is 12.8. The minimum atomic E-state index is -3.53. The van der Waals surface area contributed by atoms with E-state index in [0.29, 0.717) is 25.1 Å². The van der Waals surface area contributed by atoms with Gasteiger partial charge in [0.1, 0.15) is 5.82 Å². The number of aromatic nitrogens is 3. The van der Waals surface area contributed by atoms with E-state index in [-0.39, 0.29) is 42.9 Å². The van der Waals surface area contributed by atoms with Gasteiger partial charge >= 0.3 is 0 Å². The Labute approximate surface area is 234 Å².